The molecule has 3 atom stereocenters. The van der Waals surface area contributed by atoms with E-state index in [0.717, 1.165) is 4.31 Å². The molecule has 2 aliphatic rings. The van der Waals surface area contributed by atoms with Gasteiger partial charge in [0.2, 0.25) is 10.0 Å². The summed E-state index contributed by atoms with van der Waals surface area (Å²) < 4.78 is 25.9. The third-order valence-corrected chi connectivity index (χ3v) is 6.77. The van der Waals surface area contributed by atoms with Crippen molar-refractivity contribution in [2.24, 2.45) is 4.99 Å². The maximum atomic E-state index is 12.5. The van der Waals surface area contributed by atoms with Gasteiger partial charge in [-0.15, -0.1) is 0 Å². The second-order valence-electron chi connectivity index (χ2n) is 5.55. The van der Waals surface area contributed by atoms with E-state index in [1.165, 1.54) is 30.9 Å². The number of benzene rings is 1. The normalized spacial score (nSPS) is 28.8. The summed E-state index contributed by atoms with van der Waals surface area (Å²) in [7, 11) is -2.64. The van der Waals surface area contributed by atoms with Crippen LogP contribution in [0.5, 0.6) is 0 Å². The Balaban J connectivity index is 1.82. The molecule has 0 fully saturated rings. The Labute approximate surface area is 143 Å². The van der Waals surface area contributed by atoms with Gasteiger partial charge in [-0.25, -0.2) is 13.2 Å². The van der Waals surface area contributed by atoms with E-state index in [4.69, 9.17) is 4.84 Å². The van der Waals surface area contributed by atoms with Crippen molar-refractivity contribution in [3.8, 4) is 0 Å². The first-order valence-corrected chi connectivity index (χ1v) is 9.57. The summed E-state index contributed by atoms with van der Waals surface area (Å²) in [6.45, 7) is 2.59. The third-order valence-electron chi connectivity index (χ3n) is 3.87. The number of carbonyl (C=O) groups is 1. The fourth-order valence-electron chi connectivity index (χ4n) is 2.60. The lowest BCUT2D eigenvalue weighted by molar-refractivity contribution is -0.156. The number of amidine groups is 1. The summed E-state index contributed by atoms with van der Waals surface area (Å²) in [5.41, 5.74) is 2.61. The average Bonchev–Trinajstić information content (AvgIpc) is 2.97. The molecule has 0 amide bonds. The van der Waals surface area contributed by atoms with Gasteiger partial charge in [0, 0.05) is 17.9 Å². The number of carbonyl (C=O) groups excluding carboxylic acids is 1. The number of thioether (sulfide) groups is 1. The topological polar surface area (TPSA) is 108 Å². The maximum Gasteiger partial charge on any atom is 0.353 e. The first-order chi connectivity index (χ1) is 11.3. The highest BCUT2D eigenvalue weighted by Gasteiger charge is 2.46. The van der Waals surface area contributed by atoms with Crippen molar-refractivity contribution in [2.75, 3.05) is 13.6 Å². The van der Waals surface area contributed by atoms with Crippen molar-refractivity contribution >= 4 is 32.9 Å². The maximum absolute atomic E-state index is 12.5. The number of sulfonamides is 1. The smallest absolute Gasteiger partial charge is 0.353 e. The van der Waals surface area contributed by atoms with Crippen molar-refractivity contribution in [3.05, 3.63) is 29.8 Å². The van der Waals surface area contributed by atoms with Crippen LogP contribution in [0.1, 0.15) is 18.6 Å². The zero-order chi connectivity index (χ0) is 17.5. The number of hydroxylamine groups is 1. The molecule has 0 saturated heterocycles. The number of aliphatic hydroxyl groups excluding tert-OH is 1. The quantitative estimate of drug-likeness (QED) is 0.682. The minimum atomic E-state index is -3.88. The van der Waals surface area contributed by atoms with Crippen LogP contribution < -0.4 is 5.48 Å². The highest BCUT2D eigenvalue weighted by Crippen LogP contribution is 2.36. The molecule has 10 heteroatoms. The van der Waals surface area contributed by atoms with Gasteiger partial charge in [-0.3, -0.25) is 4.99 Å². The van der Waals surface area contributed by atoms with Crippen LogP contribution in [-0.2, 0) is 19.7 Å². The lowest BCUT2D eigenvalue weighted by Crippen LogP contribution is -2.51. The second-order valence-corrected chi connectivity index (χ2v) is 8.94. The van der Waals surface area contributed by atoms with Gasteiger partial charge in [0.25, 0.3) is 0 Å². The summed E-state index contributed by atoms with van der Waals surface area (Å²) >= 11 is 1.41. The molecule has 3 rings (SSSR count). The van der Waals surface area contributed by atoms with Gasteiger partial charge in [-0.05, 0) is 6.07 Å². The number of hydrogen-bond acceptors (Lipinski definition) is 8. The Morgan fingerprint density at radius 3 is 2.83 bits per heavy atom. The number of likely N-dealkylation sites (N-methyl/N-ethyl adjacent to an activating group) is 1. The molecule has 8 nitrogen and oxygen atoms in total. The lowest BCUT2D eigenvalue weighted by Gasteiger charge is -2.35. The molecule has 1 aromatic rings. The summed E-state index contributed by atoms with van der Waals surface area (Å²) in [4.78, 5) is 21.4. The molecule has 24 heavy (non-hydrogen) atoms. The highest BCUT2D eigenvalue weighted by atomic mass is 32.2. The molecule has 0 spiro atoms. The molecule has 0 radical (unpaired) electrons. The first kappa shape index (κ1) is 17.2. The molecule has 0 bridgehead atoms. The summed E-state index contributed by atoms with van der Waals surface area (Å²) in [6, 6.07) is 4.68. The highest BCUT2D eigenvalue weighted by molar-refractivity contribution is 8.14. The van der Waals surface area contributed by atoms with Gasteiger partial charge in [0.05, 0.1) is 11.4 Å². The van der Waals surface area contributed by atoms with Crippen molar-refractivity contribution in [2.45, 2.75) is 29.2 Å². The molecule has 3 unspecified atom stereocenters. The Morgan fingerprint density at radius 1 is 1.46 bits per heavy atom. The summed E-state index contributed by atoms with van der Waals surface area (Å²) in [6.07, 6.45) is -1.32. The van der Waals surface area contributed by atoms with Crippen LogP contribution >= 0.6 is 11.8 Å². The van der Waals surface area contributed by atoms with Crippen molar-refractivity contribution in [1.29, 1.82) is 0 Å². The number of hydrogen-bond donors (Lipinski definition) is 2. The van der Waals surface area contributed by atoms with Crippen LogP contribution in [0, 0.1) is 0 Å². The van der Waals surface area contributed by atoms with Crippen LogP contribution in [0.15, 0.2) is 34.2 Å². The Hall–Kier alpha value is -1.62. The monoisotopic (exact) mass is 371 g/mol. The third kappa shape index (κ3) is 2.90. The number of aliphatic hydroxyl groups is 1. The standard InChI is InChI=1S/C14H17N3O5S2/c1-8-7-15-14(23-8)16-22-13(19)11-12(18)9-5-3-4-6-10(9)24(20,21)17(11)2/h3-6,8,11-12,18H,7H2,1-2H3,(H,15,16). The first-order valence-electron chi connectivity index (χ1n) is 7.25. The fraction of sp³-hybridized carbons (Fsp3) is 0.429. The minimum Gasteiger partial charge on any atom is -0.386 e. The van der Waals surface area contributed by atoms with Crippen LogP contribution in [0.25, 0.3) is 0 Å². The van der Waals surface area contributed by atoms with Crippen LogP contribution in [0.2, 0.25) is 0 Å². The second kappa shape index (κ2) is 6.36. The van der Waals surface area contributed by atoms with E-state index in [2.05, 4.69) is 10.5 Å². The summed E-state index contributed by atoms with van der Waals surface area (Å²) in [5.74, 6) is -0.897. The molecular weight excluding hydrogens is 354 g/mol. The van der Waals surface area contributed by atoms with Gasteiger partial charge < -0.3 is 9.94 Å². The van der Waals surface area contributed by atoms with Crippen molar-refractivity contribution < 1.29 is 23.2 Å². The molecule has 0 aliphatic carbocycles. The fourth-order valence-corrected chi connectivity index (χ4v) is 4.91. The Morgan fingerprint density at radius 2 is 2.17 bits per heavy atom. The van der Waals surface area contributed by atoms with Gasteiger partial charge in [0.1, 0.15) is 6.10 Å². The number of nitrogens with zero attached hydrogens (tertiary/aromatic N) is 2. The average molecular weight is 371 g/mol. The van der Waals surface area contributed by atoms with Gasteiger partial charge in [0.15, 0.2) is 11.2 Å². The van der Waals surface area contributed by atoms with Crippen molar-refractivity contribution in [1.82, 2.24) is 9.79 Å². The van der Waals surface area contributed by atoms with Crippen molar-refractivity contribution in [3.63, 3.8) is 0 Å². The van der Waals surface area contributed by atoms with Gasteiger partial charge in [-0.1, -0.05) is 36.9 Å². The number of rotatable bonds is 1. The van der Waals surface area contributed by atoms with E-state index in [1.807, 2.05) is 6.92 Å². The lowest BCUT2D eigenvalue weighted by atomic mass is 10.0. The SMILES string of the molecule is CC1CN=C(NOC(=O)C2C(O)c3ccccc3S(=O)(=O)N2C)S1. The van der Waals surface area contributed by atoms with Crippen LogP contribution in [0.3, 0.4) is 0 Å². The van der Waals surface area contributed by atoms with E-state index >= 15 is 0 Å². The van der Waals surface area contributed by atoms with Gasteiger partial charge in [-0.2, -0.15) is 9.79 Å². The Bertz CT molecular complexity index is 795. The zero-order valence-electron chi connectivity index (χ0n) is 13.0. The molecule has 2 N–H and O–H groups in total. The van der Waals surface area contributed by atoms with E-state index < -0.39 is 28.1 Å². The Kier molecular flexibility index (Phi) is 4.56. The predicted molar refractivity (Wildman–Crippen MR) is 88.7 cm³/mol. The molecular formula is C14H17N3O5S2. The molecule has 2 heterocycles. The predicted octanol–water partition coefficient (Wildman–Crippen LogP) is 0.262. The van der Waals surface area contributed by atoms with Crippen LogP contribution in [-0.4, -0.2) is 53.9 Å². The molecule has 0 saturated carbocycles. The van der Waals surface area contributed by atoms with E-state index in [9.17, 15) is 18.3 Å². The largest absolute Gasteiger partial charge is 0.386 e. The molecule has 1 aromatic carbocycles. The number of aliphatic imine (C=N–C) groups is 1. The summed E-state index contributed by atoms with van der Waals surface area (Å²) in [5, 5.41) is 11.2. The van der Waals surface area contributed by atoms with E-state index in [1.54, 1.807) is 12.1 Å². The van der Waals surface area contributed by atoms with E-state index in [-0.39, 0.29) is 15.7 Å². The van der Waals surface area contributed by atoms with Crippen LogP contribution in [0.4, 0.5) is 0 Å². The molecule has 130 valence electrons. The zero-order valence-corrected chi connectivity index (χ0v) is 14.7. The molecule has 2 aliphatic heterocycles. The molecule has 0 aromatic heterocycles. The minimum absolute atomic E-state index is 0.0124. The van der Waals surface area contributed by atoms with E-state index in [0.29, 0.717) is 11.7 Å². The number of nitrogens with one attached hydrogen (secondary N) is 1. The van der Waals surface area contributed by atoms with Gasteiger partial charge >= 0.3 is 5.97 Å². The number of fused-ring (bicyclic) bond motifs is 1.